The first kappa shape index (κ1) is 9.09. The van der Waals surface area contributed by atoms with Gasteiger partial charge in [-0.1, -0.05) is 0 Å². The van der Waals surface area contributed by atoms with Crippen LogP contribution < -0.4 is 5.32 Å². The maximum absolute atomic E-state index is 5.36. The maximum Gasteiger partial charge on any atom is 0.223 e. The highest BCUT2D eigenvalue weighted by Gasteiger charge is 2.23. The van der Waals surface area contributed by atoms with Crippen molar-refractivity contribution in [3.8, 4) is 0 Å². The van der Waals surface area contributed by atoms with E-state index in [-0.39, 0.29) is 0 Å². The van der Waals surface area contributed by atoms with Gasteiger partial charge in [-0.05, 0) is 25.3 Å². The van der Waals surface area contributed by atoms with Gasteiger partial charge in [0.1, 0.15) is 0 Å². The second-order valence-corrected chi connectivity index (χ2v) is 4.28. The van der Waals surface area contributed by atoms with E-state index < -0.39 is 0 Å². The summed E-state index contributed by atoms with van der Waals surface area (Å²) in [5.41, 5.74) is 1.12. The molecule has 0 spiro atoms. The van der Waals surface area contributed by atoms with Crippen LogP contribution in [-0.4, -0.2) is 29.2 Å². The van der Waals surface area contributed by atoms with Crippen molar-refractivity contribution in [1.29, 1.82) is 0 Å². The van der Waals surface area contributed by atoms with Crippen LogP contribution in [-0.2, 0) is 4.74 Å². The number of nitrogens with zero attached hydrogens (tertiary/aromatic N) is 2. The van der Waals surface area contributed by atoms with Crippen LogP contribution >= 0.6 is 0 Å². The van der Waals surface area contributed by atoms with E-state index in [1.54, 1.807) is 0 Å². The molecule has 2 fully saturated rings. The van der Waals surface area contributed by atoms with Gasteiger partial charge < -0.3 is 10.1 Å². The average Bonchev–Trinajstić information content (AvgIpc) is 2.91. The molecule has 1 aromatic rings. The van der Waals surface area contributed by atoms with E-state index in [0.29, 0.717) is 12.0 Å². The number of nitrogens with one attached hydrogen (secondary N) is 1. The molecule has 0 aromatic carbocycles. The molecule has 1 N–H and O–H groups in total. The Bertz CT molecular complexity index is 345. The van der Waals surface area contributed by atoms with Crippen LogP contribution in [0.25, 0.3) is 0 Å². The summed E-state index contributed by atoms with van der Waals surface area (Å²) in [6, 6.07) is 2.61. The van der Waals surface area contributed by atoms with Crippen molar-refractivity contribution >= 4 is 5.95 Å². The molecule has 1 saturated heterocycles. The fourth-order valence-corrected chi connectivity index (χ4v) is 1.85. The second kappa shape index (κ2) is 3.77. The summed E-state index contributed by atoms with van der Waals surface area (Å²) in [6.07, 6.45) is 5.42. The van der Waals surface area contributed by atoms with Crippen molar-refractivity contribution < 1.29 is 4.74 Å². The van der Waals surface area contributed by atoms with Crippen LogP contribution in [0.2, 0.25) is 0 Å². The zero-order chi connectivity index (χ0) is 10.1. The molecule has 0 amide bonds. The molecular weight excluding hydrogens is 190 g/mol. The lowest BCUT2D eigenvalue weighted by Gasteiger charge is -2.08. The molecular formula is C11H15N3O. The summed E-state index contributed by atoms with van der Waals surface area (Å²) in [5, 5.41) is 3.32. The first-order chi connectivity index (χ1) is 7.42. The fourth-order valence-electron chi connectivity index (χ4n) is 1.85. The lowest BCUT2D eigenvalue weighted by Crippen LogP contribution is -2.08. The predicted molar refractivity (Wildman–Crippen MR) is 56.9 cm³/mol. The van der Waals surface area contributed by atoms with Crippen molar-refractivity contribution in [3.63, 3.8) is 0 Å². The minimum atomic E-state index is 0.466. The van der Waals surface area contributed by atoms with Crippen molar-refractivity contribution in [2.24, 2.45) is 0 Å². The van der Waals surface area contributed by atoms with Crippen molar-refractivity contribution in [2.75, 3.05) is 18.5 Å². The zero-order valence-corrected chi connectivity index (χ0v) is 8.65. The van der Waals surface area contributed by atoms with Crippen LogP contribution in [0.3, 0.4) is 0 Å². The summed E-state index contributed by atoms with van der Waals surface area (Å²) < 4.78 is 5.36. The standard InChI is InChI=1S/C11H15N3O/c1-2-9(1)13-11-12-5-3-10(14-11)8-4-6-15-7-8/h3,5,8-9H,1-2,4,6-7H2,(H,12,13,14). The number of hydrogen-bond donors (Lipinski definition) is 1. The molecule has 0 radical (unpaired) electrons. The van der Waals surface area contributed by atoms with Gasteiger partial charge in [-0.3, -0.25) is 0 Å². The molecule has 2 heterocycles. The Morgan fingerprint density at radius 1 is 1.33 bits per heavy atom. The summed E-state index contributed by atoms with van der Waals surface area (Å²) >= 11 is 0. The Hall–Kier alpha value is -1.16. The SMILES string of the molecule is c1cc(C2CCOC2)nc(NC2CC2)n1. The highest BCUT2D eigenvalue weighted by atomic mass is 16.5. The van der Waals surface area contributed by atoms with E-state index in [4.69, 9.17) is 4.74 Å². The fraction of sp³-hybridized carbons (Fsp3) is 0.636. The highest BCUT2D eigenvalue weighted by molar-refractivity contribution is 5.29. The van der Waals surface area contributed by atoms with E-state index in [1.165, 1.54) is 12.8 Å². The molecule has 1 aliphatic heterocycles. The third-order valence-electron chi connectivity index (χ3n) is 2.94. The summed E-state index contributed by atoms with van der Waals surface area (Å²) in [4.78, 5) is 8.76. The summed E-state index contributed by atoms with van der Waals surface area (Å²) in [5.74, 6) is 1.25. The number of ether oxygens (including phenoxy) is 1. The van der Waals surface area contributed by atoms with Crippen LogP contribution in [0.5, 0.6) is 0 Å². The third kappa shape index (κ3) is 2.09. The van der Waals surface area contributed by atoms with Gasteiger partial charge in [-0.25, -0.2) is 9.97 Å². The number of aromatic nitrogens is 2. The van der Waals surface area contributed by atoms with Gasteiger partial charge in [0.05, 0.1) is 12.3 Å². The molecule has 1 unspecified atom stereocenters. The van der Waals surface area contributed by atoms with Crippen LogP contribution in [0, 0.1) is 0 Å². The van der Waals surface area contributed by atoms with Gasteiger partial charge in [0.25, 0.3) is 0 Å². The Labute approximate surface area is 89.1 Å². The van der Waals surface area contributed by atoms with E-state index >= 15 is 0 Å². The molecule has 4 heteroatoms. The number of hydrogen-bond acceptors (Lipinski definition) is 4. The van der Waals surface area contributed by atoms with E-state index in [0.717, 1.165) is 31.3 Å². The molecule has 2 aliphatic rings. The maximum atomic E-state index is 5.36. The number of anilines is 1. The molecule has 1 atom stereocenters. The van der Waals surface area contributed by atoms with Gasteiger partial charge in [-0.15, -0.1) is 0 Å². The van der Waals surface area contributed by atoms with Gasteiger partial charge in [0.15, 0.2) is 0 Å². The quantitative estimate of drug-likeness (QED) is 0.813. The van der Waals surface area contributed by atoms with Crippen molar-refractivity contribution in [1.82, 2.24) is 9.97 Å². The zero-order valence-electron chi connectivity index (χ0n) is 8.65. The Morgan fingerprint density at radius 2 is 2.27 bits per heavy atom. The largest absolute Gasteiger partial charge is 0.381 e. The molecule has 3 rings (SSSR count). The lowest BCUT2D eigenvalue weighted by molar-refractivity contribution is 0.193. The summed E-state index contributed by atoms with van der Waals surface area (Å²) in [7, 11) is 0. The highest BCUT2D eigenvalue weighted by Crippen LogP contribution is 2.26. The Morgan fingerprint density at radius 3 is 3.00 bits per heavy atom. The van der Waals surface area contributed by atoms with Crippen LogP contribution in [0.4, 0.5) is 5.95 Å². The summed E-state index contributed by atoms with van der Waals surface area (Å²) in [6.45, 7) is 1.67. The minimum Gasteiger partial charge on any atom is -0.381 e. The molecule has 1 saturated carbocycles. The molecule has 1 aliphatic carbocycles. The topological polar surface area (TPSA) is 47.0 Å². The third-order valence-corrected chi connectivity index (χ3v) is 2.94. The monoisotopic (exact) mass is 205 g/mol. The minimum absolute atomic E-state index is 0.466. The van der Waals surface area contributed by atoms with Crippen LogP contribution in [0.1, 0.15) is 30.9 Å². The second-order valence-electron chi connectivity index (χ2n) is 4.28. The molecule has 4 nitrogen and oxygen atoms in total. The Balaban J connectivity index is 1.75. The molecule has 0 bridgehead atoms. The average molecular weight is 205 g/mol. The lowest BCUT2D eigenvalue weighted by atomic mass is 10.1. The smallest absolute Gasteiger partial charge is 0.223 e. The van der Waals surface area contributed by atoms with Crippen molar-refractivity contribution in [3.05, 3.63) is 18.0 Å². The van der Waals surface area contributed by atoms with Gasteiger partial charge in [0.2, 0.25) is 5.95 Å². The first-order valence-electron chi connectivity index (χ1n) is 5.59. The van der Waals surface area contributed by atoms with E-state index in [2.05, 4.69) is 15.3 Å². The molecule has 15 heavy (non-hydrogen) atoms. The first-order valence-corrected chi connectivity index (χ1v) is 5.59. The van der Waals surface area contributed by atoms with Gasteiger partial charge in [0, 0.05) is 24.8 Å². The van der Waals surface area contributed by atoms with E-state index in [1.807, 2.05) is 12.3 Å². The Kier molecular flexibility index (Phi) is 2.29. The van der Waals surface area contributed by atoms with Crippen molar-refractivity contribution in [2.45, 2.75) is 31.2 Å². The van der Waals surface area contributed by atoms with Gasteiger partial charge in [-0.2, -0.15) is 0 Å². The predicted octanol–water partition coefficient (Wildman–Crippen LogP) is 1.55. The van der Waals surface area contributed by atoms with Gasteiger partial charge >= 0.3 is 0 Å². The van der Waals surface area contributed by atoms with Crippen LogP contribution in [0.15, 0.2) is 12.3 Å². The van der Waals surface area contributed by atoms with E-state index in [9.17, 15) is 0 Å². The molecule has 1 aromatic heterocycles. The normalized spacial score (nSPS) is 25.5. The number of rotatable bonds is 3. The molecule has 80 valence electrons.